The Morgan fingerprint density at radius 3 is 2.86 bits per heavy atom. The van der Waals surface area contributed by atoms with Gasteiger partial charge < -0.3 is 15.5 Å². The highest BCUT2D eigenvalue weighted by molar-refractivity contribution is 5.76. The summed E-state index contributed by atoms with van der Waals surface area (Å²) < 4.78 is 5.68. The van der Waals surface area contributed by atoms with Crippen LogP contribution in [0.15, 0.2) is 40.9 Å². The van der Waals surface area contributed by atoms with Gasteiger partial charge in [0.1, 0.15) is 0 Å². The van der Waals surface area contributed by atoms with E-state index in [1.807, 2.05) is 30.3 Å². The number of hydrogen-bond acceptors (Lipinski definition) is 4. The first-order chi connectivity index (χ1) is 10.7. The van der Waals surface area contributed by atoms with Crippen LogP contribution in [0.1, 0.15) is 25.2 Å². The third kappa shape index (κ3) is 3.95. The summed E-state index contributed by atoms with van der Waals surface area (Å²) in [7, 11) is 0. The van der Waals surface area contributed by atoms with Gasteiger partial charge >= 0.3 is 0 Å². The molecule has 1 atom stereocenters. The molecule has 1 amide bonds. The first-order valence-corrected chi connectivity index (χ1v) is 7.75. The van der Waals surface area contributed by atoms with Crippen molar-refractivity contribution in [1.82, 2.24) is 10.3 Å². The van der Waals surface area contributed by atoms with E-state index >= 15 is 0 Å². The number of rotatable bonds is 7. The molecule has 0 saturated heterocycles. The maximum atomic E-state index is 11.8. The zero-order chi connectivity index (χ0) is 15.4. The van der Waals surface area contributed by atoms with Crippen LogP contribution in [0.2, 0.25) is 0 Å². The number of nitrogens with zero attached hydrogens (tertiary/aromatic N) is 1. The Hall–Kier alpha value is -2.14. The number of carbonyl (C=O) groups excluding carboxylic acids is 1. The Bertz CT molecular complexity index is 620. The summed E-state index contributed by atoms with van der Waals surface area (Å²) in [4.78, 5) is 16.0. The molecule has 1 fully saturated rings. The highest BCUT2D eigenvalue weighted by Crippen LogP contribution is 2.31. The number of hydrogen-bond donors (Lipinski definition) is 2. The van der Waals surface area contributed by atoms with E-state index < -0.39 is 0 Å². The number of carbonyl (C=O) groups is 1. The minimum absolute atomic E-state index is 0.00411. The van der Waals surface area contributed by atoms with Crippen LogP contribution in [-0.4, -0.2) is 23.5 Å². The van der Waals surface area contributed by atoms with Crippen molar-refractivity contribution in [3.63, 3.8) is 0 Å². The fourth-order valence-corrected chi connectivity index (χ4v) is 2.39. The summed E-state index contributed by atoms with van der Waals surface area (Å²) in [6, 6.07) is 9.89. The standard InChI is InChI=1S/C17H21N3O2/c18-14(12-6-7-12)10-19-16(21)8-9-17-20-11-15(22-17)13-4-2-1-3-5-13/h1-5,11-12,14H,6-10,18H2,(H,19,21). The van der Waals surface area contributed by atoms with Gasteiger partial charge in [-0.3, -0.25) is 4.79 Å². The molecule has 2 aromatic rings. The van der Waals surface area contributed by atoms with Gasteiger partial charge in [0, 0.05) is 31.0 Å². The molecule has 1 unspecified atom stereocenters. The van der Waals surface area contributed by atoms with Crippen molar-refractivity contribution in [2.75, 3.05) is 6.54 Å². The lowest BCUT2D eigenvalue weighted by atomic mass is 10.2. The molecule has 1 aromatic heterocycles. The van der Waals surface area contributed by atoms with E-state index in [4.69, 9.17) is 10.2 Å². The maximum Gasteiger partial charge on any atom is 0.220 e. The molecule has 1 aliphatic carbocycles. The van der Waals surface area contributed by atoms with Gasteiger partial charge in [-0.15, -0.1) is 0 Å². The van der Waals surface area contributed by atoms with E-state index in [9.17, 15) is 4.79 Å². The summed E-state index contributed by atoms with van der Waals surface area (Å²) in [5, 5.41) is 2.88. The SMILES string of the molecule is NC(CNC(=O)CCc1ncc(-c2ccccc2)o1)C1CC1. The van der Waals surface area contributed by atoms with Crippen LogP contribution >= 0.6 is 0 Å². The van der Waals surface area contributed by atoms with Gasteiger partial charge in [-0.05, 0) is 18.8 Å². The highest BCUT2D eigenvalue weighted by atomic mass is 16.4. The van der Waals surface area contributed by atoms with Crippen molar-refractivity contribution in [2.24, 2.45) is 11.7 Å². The fraction of sp³-hybridized carbons (Fsp3) is 0.412. The number of nitrogens with one attached hydrogen (secondary N) is 1. The monoisotopic (exact) mass is 299 g/mol. The molecule has 1 saturated carbocycles. The highest BCUT2D eigenvalue weighted by Gasteiger charge is 2.28. The molecular formula is C17H21N3O2. The molecule has 1 heterocycles. The second-order valence-electron chi connectivity index (χ2n) is 5.79. The quantitative estimate of drug-likeness (QED) is 0.820. The third-order valence-electron chi connectivity index (χ3n) is 3.94. The van der Waals surface area contributed by atoms with Crippen LogP contribution in [0.5, 0.6) is 0 Å². The summed E-state index contributed by atoms with van der Waals surface area (Å²) in [6.45, 7) is 0.560. The lowest BCUT2D eigenvalue weighted by molar-refractivity contribution is -0.121. The van der Waals surface area contributed by atoms with E-state index in [0.29, 0.717) is 31.2 Å². The number of aromatic nitrogens is 1. The van der Waals surface area contributed by atoms with Crippen LogP contribution in [0.25, 0.3) is 11.3 Å². The van der Waals surface area contributed by atoms with E-state index in [2.05, 4.69) is 10.3 Å². The number of aryl methyl sites for hydroxylation is 1. The van der Waals surface area contributed by atoms with E-state index in [0.717, 1.165) is 11.3 Å². The van der Waals surface area contributed by atoms with Gasteiger partial charge in [0.25, 0.3) is 0 Å². The zero-order valence-electron chi connectivity index (χ0n) is 12.5. The smallest absolute Gasteiger partial charge is 0.220 e. The van der Waals surface area contributed by atoms with E-state index in [-0.39, 0.29) is 11.9 Å². The summed E-state index contributed by atoms with van der Waals surface area (Å²) in [5.41, 5.74) is 6.94. The molecule has 0 bridgehead atoms. The van der Waals surface area contributed by atoms with Gasteiger partial charge in [-0.2, -0.15) is 0 Å². The third-order valence-corrected chi connectivity index (χ3v) is 3.94. The van der Waals surface area contributed by atoms with Crippen molar-refractivity contribution in [3.05, 3.63) is 42.4 Å². The second-order valence-corrected chi connectivity index (χ2v) is 5.79. The molecule has 1 aromatic carbocycles. The minimum Gasteiger partial charge on any atom is -0.441 e. The normalized spacial score (nSPS) is 15.5. The molecule has 0 radical (unpaired) electrons. The molecule has 116 valence electrons. The lowest BCUT2D eigenvalue weighted by Gasteiger charge is -2.10. The van der Waals surface area contributed by atoms with Crippen molar-refractivity contribution in [1.29, 1.82) is 0 Å². The number of oxazole rings is 1. The first-order valence-electron chi connectivity index (χ1n) is 7.75. The summed E-state index contributed by atoms with van der Waals surface area (Å²) >= 11 is 0. The van der Waals surface area contributed by atoms with Crippen molar-refractivity contribution in [2.45, 2.75) is 31.7 Å². The van der Waals surface area contributed by atoms with Crippen molar-refractivity contribution < 1.29 is 9.21 Å². The maximum absolute atomic E-state index is 11.8. The Morgan fingerprint density at radius 1 is 1.36 bits per heavy atom. The van der Waals surface area contributed by atoms with Crippen LogP contribution in [-0.2, 0) is 11.2 Å². The molecule has 5 heteroatoms. The Labute approximate surface area is 129 Å². The molecule has 3 rings (SSSR count). The Kier molecular flexibility index (Phi) is 4.53. The molecule has 0 aliphatic heterocycles. The fourth-order valence-electron chi connectivity index (χ4n) is 2.39. The Morgan fingerprint density at radius 2 is 2.14 bits per heavy atom. The molecule has 0 spiro atoms. The van der Waals surface area contributed by atoms with Gasteiger partial charge in [0.15, 0.2) is 11.7 Å². The second kappa shape index (κ2) is 6.75. The predicted octanol–water partition coefficient (Wildman–Crippen LogP) is 2.13. The molecular weight excluding hydrogens is 278 g/mol. The number of amides is 1. The zero-order valence-corrected chi connectivity index (χ0v) is 12.5. The molecule has 1 aliphatic rings. The predicted molar refractivity (Wildman–Crippen MR) is 84.0 cm³/mol. The van der Waals surface area contributed by atoms with Crippen LogP contribution in [0, 0.1) is 5.92 Å². The van der Waals surface area contributed by atoms with Gasteiger partial charge in [0.05, 0.1) is 6.20 Å². The Balaban J connectivity index is 1.45. The summed E-state index contributed by atoms with van der Waals surface area (Å²) in [5.74, 6) is 1.91. The van der Waals surface area contributed by atoms with Crippen molar-refractivity contribution in [3.8, 4) is 11.3 Å². The van der Waals surface area contributed by atoms with Crippen LogP contribution in [0.4, 0.5) is 0 Å². The largest absolute Gasteiger partial charge is 0.441 e. The van der Waals surface area contributed by atoms with E-state index in [1.165, 1.54) is 12.8 Å². The molecule has 3 N–H and O–H groups in total. The summed E-state index contributed by atoms with van der Waals surface area (Å²) in [6.07, 6.45) is 4.94. The average Bonchev–Trinajstić information content (AvgIpc) is 3.30. The lowest BCUT2D eigenvalue weighted by Crippen LogP contribution is -2.38. The molecule has 5 nitrogen and oxygen atoms in total. The minimum atomic E-state index is -0.00411. The average molecular weight is 299 g/mol. The van der Waals surface area contributed by atoms with Crippen LogP contribution in [0.3, 0.4) is 0 Å². The number of benzene rings is 1. The first kappa shape index (κ1) is 14.8. The topological polar surface area (TPSA) is 81.1 Å². The van der Waals surface area contributed by atoms with Gasteiger partial charge in [-0.25, -0.2) is 4.98 Å². The van der Waals surface area contributed by atoms with E-state index in [1.54, 1.807) is 6.20 Å². The van der Waals surface area contributed by atoms with Gasteiger partial charge in [-0.1, -0.05) is 30.3 Å². The van der Waals surface area contributed by atoms with Crippen LogP contribution < -0.4 is 11.1 Å². The molecule has 22 heavy (non-hydrogen) atoms. The number of nitrogens with two attached hydrogens (primary N) is 1. The van der Waals surface area contributed by atoms with Gasteiger partial charge in [0.2, 0.25) is 5.91 Å². The van der Waals surface area contributed by atoms with Crippen molar-refractivity contribution >= 4 is 5.91 Å².